The molecule has 0 unspecified atom stereocenters. The van der Waals surface area contributed by atoms with Crippen LogP contribution in [0.25, 0.3) is 5.65 Å². The van der Waals surface area contributed by atoms with Crippen molar-refractivity contribution in [1.29, 1.82) is 0 Å². The molecule has 0 spiro atoms. The van der Waals surface area contributed by atoms with Crippen molar-refractivity contribution in [2.45, 2.75) is 67.3 Å². The molecule has 0 aliphatic carbocycles. The number of aromatic nitrogens is 2. The molecule has 0 saturated carbocycles. The summed E-state index contributed by atoms with van der Waals surface area (Å²) in [7, 11) is 0. The largest absolute Gasteiger partial charge is 0.291 e. The number of hydrogen-bond acceptors (Lipinski definition) is 2. The zero-order valence-corrected chi connectivity index (χ0v) is 15.7. The summed E-state index contributed by atoms with van der Waals surface area (Å²) < 4.78 is 2.02. The third-order valence-corrected chi connectivity index (χ3v) is 4.02. The molecule has 2 aromatic rings. The summed E-state index contributed by atoms with van der Waals surface area (Å²) in [6.07, 6.45) is 2.90. The van der Waals surface area contributed by atoms with Gasteiger partial charge in [0.1, 0.15) is 11.5 Å². The third kappa shape index (κ3) is 3.57. The second-order valence-electron chi connectivity index (χ2n) is 8.36. The van der Waals surface area contributed by atoms with Crippen LogP contribution in [-0.4, -0.2) is 20.8 Å². The number of carbonyl (C=O) groups is 1. The van der Waals surface area contributed by atoms with Crippen molar-refractivity contribution in [3.8, 4) is 0 Å². The Morgan fingerprint density at radius 2 is 1.83 bits per heavy atom. The second-order valence-corrected chi connectivity index (χ2v) is 8.36. The van der Waals surface area contributed by atoms with Crippen LogP contribution in [0.1, 0.15) is 59.2 Å². The Kier molecular flexibility index (Phi) is 4.31. The van der Waals surface area contributed by atoms with Crippen molar-refractivity contribution in [2.24, 2.45) is 5.41 Å². The van der Waals surface area contributed by atoms with Gasteiger partial charge in [0.25, 0.3) is 0 Å². The van der Waals surface area contributed by atoms with Crippen LogP contribution in [-0.2, 0) is 4.79 Å². The molecule has 0 aliphatic rings. The van der Waals surface area contributed by atoms with E-state index in [4.69, 9.17) is 0 Å². The number of aryl methyl sites for hydroxylation is 2. The molecule has 0 aliphatic heterocycles. The number of imidazole rings is 1. The normalized spacial score (nSPS) is 12.7. The average molecular weight is 315 g/mol. The molecule has 0 bridgehead atoms. The van der Waals surface area contributed by atoms with Gasteiger partial charge >= 0.3 is 0 Å². The summed E-state index contributed by atoms with van der Waals surface area (Å²) in [5.74, 6) is 0.923. The first-order chi connectivity index (χ1) is 10.4. The lowest BCUT2D eigenvalue weighted by Gasteiger charge is -2.41. The van der Waals surface area contributed by atoms with E-state index in [9.17, 15) is 4.79 Å². The first-order valence-corrected chi connectivity index (χ1v) is 8.18. The SMILES string of the molecule is CC(=O)N(c1c(C)nc2cc(C)ccn12)C(C)(C)CC(C)(C)C. The molecular formula is C19H29N3O. The van der Waals surface area contributed by atoms with E-state index in [1.165, 1.54) is 0 Å². The van der Waals surface area contributed by atoms with E-state index in [2.05, 4.69) is 46.5 Å². The fourth-order valence-electron chi connectivity index (χ4n) is 3.76. The molecular weight excluding hydrogens is 286 g/mol. The number of fused-ring (bicyclic) bond motifs is 1. The minimum Gasteiger partial charge on any atom is -0.291 e. The molecule has 0 saturated heterocycles. The first kappa shape index (κ1) is 17.5. The van der Waals surface area contributed by atoms with Gasteiger partial charge in [-0.3, -0.25) is 14.1 Å². The second kappa shape index (κ2) is 5.66. The molecule has 4 nitrogen and oxygen atoms in total. The van der Waals surface area contributed by atoms with E-state index >= 15 is 0 Å². The fraction of sp³-hybridized carbons (Fsp3) is 0.579. The molecule has 0 fully saturated rings. The lowest BCUT2D eigenvalue weighted by Crippen LogP contribution is -2.50. The Morgan fingerprint density at radius 3 is 2.35 bits per heavy atom. The van der Waals surface area contributed by atoms with Crippen LogP contribution in [0.3, 0.4) is 0 Å². The number of nitrogens with zero attached hydrogens (tertiary/aromatic N) is 3. The Morgan fingerprint density at radius 1 is 1.22 bits per heavy atom. The van der Waals surface area contributed by atoms with Gasteiger partial charge in [0.2, 0.25) is 5.91 Å². The molecule has 4 heteroatoms. The van der Waals surface area contributed by atoms with Crippen LogP contribution in [0.2, 0.25) is 0 Å². The van der Waals surface area contributed by atoms with Crippen molar-refractivity contribution >= 4 is 17.4 Å². The maximum absolute atomic E-state index is 12.5. The number of hydrogen-bond donors (Lipinski definition) is 0. The van der Waals surface area contributed by atoms with Gasteiger partial charge in [0, 0.05) is 18.7 Å². The minimum absolute atomic E-state index is 0.0460. The van der Waals surface area contributed by atoms with E-state index in [-0.39, 0.29) is 16.9 Å². The summed E-state index contributed by atoms with van der Waals surface area (Å²) >= 11 is 0. The molecule has 0 radical (unpaired) electrons. The molecule has 2 rings (SSSR count). The highest BCUT2D eigenvalue weighted by atomic mass is 16.2. The number of pyridine rings is 1. The Labute approximate surface area is 139 Å². The Hall–Kier alpha value is -1.84. The summed E-state index contributed by atoms with van der Waals surface area (Å²) in [5.41, 5.74) is 2.76. The monoisotopic (exact) mass is 315 g/mol. The van der Waals surface area contributed by atoms with Gasteiger partial charge in [-0.25, -0.2) is 4.98 Å². The summed E-state index contributed by atoms with van der Waals surface area (Å²) in [6.45, 7) is 16.5. The molecule has 23 heavy (non-hydrogen) atoms. The number of rotatable bonds is 3. The minimum atomic E-state index is -0.296. The van der Waals surface area contributed by atoms with Crippen molar-refractivity contribution < 1.29 is 4.79 Å². The van der Waals surface area contributed by atoms with Gasteiger partial charge < -0.3 is 0 Å². The van der Waals surface area contributed by atoms with Crippen LogP contribution in [0.5, 0.6) is 0 Å². The van der Waals surface area contributed by atoms with Crippen LogP contribution in [0.4, 0.5) is 5.82 Å². The van der Waals surface area contributed by atoms with Gasteiger partial charge in [0.15, 0.2) is 0 Å². The van der Waals surface area contributed by atoms with E-state index in [0.29, 0.717) is 0 Å². The molecule has 2 heterocycles. The lowest BCUT2D eigenvalue weighted by molar-refractivity contribution is -0.117. The van der Waals surface area contributed by atoms with Crippen molar-refractivity contribution in [3.05, 3.63) is 29.6 Å². The van der Waals surface area contributed by atoms with Gasteiger partial charge in [-0.05, 0) is 57.2 Å². The molecule has 0 aromatic carbocycles. The Balaban J connectivity index is 2.63. The predicted molar refractivity (Wildman–Crippen MR) is 96.0 cm³/mol. The number of anilines is 1. The van der Waals surface area contributed by atoms with Crippen LogP contribution in [0.15, 0.2) is 18.3 Å². The van der Waals surface area contributed by atoms with Gasteiger partial charge in [-0.15, -0.1) is 0 Å². The highest BCUT2D eigenvalue weighted by Gasteiger charge is 2.36. The van der Waals surface area contributed by atoms with Crippen LogP contribution < -0.4 is 4.90 Å². The highest BCUT2D eigenvalue weighted by molar-refractivity contribution is 5.93. The van der Waals surface area contributed by atoms with Crippen LogP contribution >= 0.6 is 0 Å². The van der Waals surface area contributed by atoms with Crippen molar-refractivity contribution in [2.75, 3.05) is 4.90 Å². The van der Waals surface area contributed by atoms with Gasteiger partial charge in [-0.1, -0.05) is 20.8 Å². The van der Waals surface area contributed by atoms with Crippen molar-refractivity contribution in [3.63, 3.8) is 0 Å². The Bertz CT molecular complexity index is 735. The summed E-state index contributed by atoms with van der Waals surface area (Å²) in [4.78, 5) is 19.1. The van der Waals surface area contributed by atoms with Gasteiger partial charge in [0.05, 0.1) is 5.69 Å². The van der Waals surface area contributed by atoms with E-state index in [0.717, 1.165) is 29.1 Å². The first-order valence-electron chi connectivity index (χ1n) is 8.18. The van der Waals surface area contributed by atoms with Gasteiger partial charge in [-0.2, -0.15) is 0 Å². The van der Waals surface area contributed by atoms with Crippen LogP contribution in [0, 0.1) is 19.3 Å². The lowest BCUT2D eigenvalue weighted by atomic mass is 9.80. The molecule has 2 aromatic heterocycles. The summed E-state index contributed by atoms with van der Waals surface area (Å²) in [6, 6.07) is 4.10. The standard InChI is InChI=1S/C19H29N3O/c1-13-9-10-21-16(11-13)20-14(2)17(21)22(15(3)23)19(7,8)12-18(4,5)6/h9-11H,12H2,1-8H3. The van der Waals surface area contributed by atoms with E-state index < -0.39 is 0 Å². The van der Waals surface area contributed by atoms with E-state index in [1.807, 2.05) is 34.6 Å². The third-order valence-electron chi connectivity index (χ3n) is 4.02. The maximum Gasteiger partial charge on any atom is 0.225 e. The highest BCUT2D eigenvalue weighted by Crippen LogP contribution is 2.36. The molecule has 0 N–H and O–H groups in total. The zero-order chi connectivity index (χ0) is 17.6. The maximum atomic E-state index is 12.5. The molecule has 126 valence electrons. The predicted octanol–water partition coefficient (Wildman–Crippen LogP) is 4.52. The smallest absolute Gasteiger partial charge is 0.225 e. The average Bonchev–Trinajstić information content (AvgIpc) is 2.61. The number of amides is 1. The summed E-state index contributed by atoms with van der Waals surface area (Å²) in [5, 5.41) is 0. The molecule has 1 amide bonds. The zero-order valence-electron chi connectivity index (χ0n) is 15.7. The fourth-order valence-corrected chi connectivity index (χ4v) is 3.76. The quantitative estimate of drug-likeness (QED) is 0.835. The molecule has 0 atom stereocenters. The van der Waals surface area contributed by atoms with Crippen molar-refractivity contribution in [1.82, 2.24) is 9.38 Å². The van der Waals surface area contributed by atoms with E-state index in [1.54, 1.807) is 6.92 Å². The number of carbonyl (C=O) groups excluding carboxylic acids is 1. The topological polar surface area (TPSA) is 37.6 Å².